The molecule has 0 aliphatic heterocycles. The summed E-state index contributed by atoms with van der Waals surface area (Å²) >= 11 is 0. The van der Waals surface area contributed by atoms with Crippen LogP contribution in [0.2, 0.25) is 0 Å². The molecule has 0 bridgehead atoms. The van der Waals surface area contributed by atoms with Gasteiger partial charge in [0.05, 0.1) is 0 Å². The predicted molar refractivity (Wildman–Crippen MR) is 136 cm³/mol. The maximum absolute atomic E-state index is 13.7. The number of benzene rings is 4. The number of carbonyl (C=O) groups is 1. The summed E-state index contributed by atoms with van der Waals surface area (Å²) in [5, 5.41) is 4.52. The SMILES string of the molecule is CCCCc1nc(C(=O)c2cccc3ccccc23)c(C)n1Cc1ccc2ccccc2c1. The van der Waals surface area contributed by atoms with E-state index in [9.17, 15) is 4.79 Å². The van der Waals surface area contributed by atoms with Crippen LogP contribution < -0.4 is 0 Å². The molecule has 0 spiro atoms. The normalized spacial score (nSPS) is 11.3. The van der Waals surface area contributed by atoms with Crippen molar-refractivity contribution < 1.29 is 4.79 Å². The number of unbranched alkanes of at least 4 members (excludes halogenated alkanes) is 1. The van der Waals surface area contributed by atoms with E-state index in [2.05, 4.69) is 54.0 Å². The first-order valence-corrected chi connectivity index (χ1v) is 11.7. The van der Waals surface area contributed by atoms with E-state index in [4.69, 9.17) is 4.98 Å². The lowest BCUT2D eigenvalue weighted by Gasteiger charge is -2.11. The molecule has 5 rings (SSSR count). The van der Waals surface area contributed by atoms with Gasteiger partial charge in [-0.3, -0.25) is 4.79 Å². The third-order valence-corrected chi connectivity index (χ3v) is 6.46. The molecule has 1 aromatic heterocycles. The van der Waals surface area contributed by atoms with E-state index in [1.54, 1.807) is 0 Å². The molecule has 0 aliphatic carbocycles. The van der Waals surface area contributed by atoms with Crippen molar-refractivity contribution in [3.8, 4) is 0 Å². The molecular weight excluding hydrogens is 404 g/mol. The van der Waals surface area contributed by atoms with Crippen LogP contribution in [0.5, 0.6) is 0 Å². The molecule has 5 aromatic rings. The van der Waals surface area contributed by atoms with Gasteiger partial charge in [-0.2, -0.15) is 0 Å². The molecular formula is C30H28N2O. The quantitative estimate of drug-likeness (QED) is 0.257. The molecule has 1 heterocycles. The average molecular weight is 433 g/mol. The van der Waals surface area contributed by atoms with Gasteiger partial charge >= 0.3 is 0 Å². The minimum absolute atomic E-state index is 0.000639. The molecule has 0 radical (unpaired) electrons. The molecule has 0 saturated heterocycles. The van der Waals surface area contributed by atoms with Crippen LogP contribution >= 0.6 is 0 Å². The first kappa shape index (κ1) is 21.1. The van der Waals surface area contributed by atoms with Crippen LogP contribution in [0.25, 0.3) is 21.5 Å². The van der Waals surface area contributed by atoms with E-state index in [1.807, 2.05) is 49.4 Å². The van der Waals surface area contributed by atoms with Crippen molar-refractivity contribution in [2.24, 2.45) is 0 Å². The van der Waals surface area contributed by atoms with E-state index >= 15 is 0 Å². The summed E-state index contributed by atoms with van der Waals surface area (Å²) in [5.41, 5.74) is 3.44. The second-order valence-corrected chi connectivity index (χ2v) is 8.69. The maximum atomic E-state index is 13.7. The highest BCUT2D eigenvalue weighted by atomic mass is 16.1. The van der Waals surface area contributed by atoms with Gasteiger partial charge in [-0.1, -0.05) is 92.2 Å². The summed E-state index contributed by atoms with van der Waals surface area (Å²) in [6.45, 7) is 4.93. The van der Waals surface area contributed by atoms with Crippen molar-refractivity contribution >= 4 is 27.3 Å². The number of hydrogen-bond donors (Lipinski definition) is 0. The first-order chi connectivity index (χ1) is 16.2. The second-order valence-electron chi connectivity index (χ2n) is 8.69. The fraction of sp³-hybridized carbons (Fsp3) is 0.200. The van der Waals surface area contributed by atoms with Gasteiger partial charge in [0.1, 0.15) is 11.5 Å². The molecule has 4 aromatic carbocycles. The van der Waals surface area contributed by atoms with Gasteiger partial charge in [-0.25, -0.2) is 4.98 Å². The summed E-state index contributed by atoms with van der Waals surface area (Å²) in [6.07, 6.45) is 3.01. The van der Waals surface area contributed by atoms with Crippen molar-refractivity contribution in [2.75, 3.05) is 0 Å². The van der Waals surface area contributed by atoms with E-state index in [1.165, 1.54) is 16.3 Å². The van der Waals surface area contributed by atoms with E-state index in [0.717, 1.165) is 41.6 Å². The Morgan fingerprint density at radius 3 is 2.39 bits per heavy atom. The Labute approximate surface area is 194 Å². The van der Waals surface area contributed by atoms with Gasteiger partial charge in [0.2, 0.25) is 5.78 Å². The van der Waals surface area contributed by atoms with Gasteiger partial charge in [-0.15, -0.1) is 0 Å². The maximum Gasteiger partial charge on any atom is 0.213 e. The van der Waals surface area contributed by atoms with Crippen LogP contribution in [0.4, 0.5) is 0 Å². The number of imidazole rings is 1. The molecule has 0 saturated carbocycles. The summed E-state index contributed by atoms with van der Waals surface area (Å²) in [7, 11) is 0. The number of nitrogens with zero attached hydrogens (tertiary/aromatic N) is 2. The van der Waals surface area contributed by atoms with Gasteiger partial charge in [0.25, 0.3) is 0 Å². The summed E-state index contributed by atoms with van der Waals surface area (Å²) < 4.78 is 2.23. The number of ketones is 1. The number of hydrogen-bond acceptors (Lipinski definition) is 2. The van der Waals surface area contributed by atoms with Gasteiger partial charge < -0.3 is 4.57 Å². The van der Waals surface area contributed by atoms with Crippen molar-refractivity contribution in [3.05, 3.63) is 113 Å². The molecule has 0 unspecified atom stereocenters. The minimum Gasteiger partial charge on any atom is -0.327 e. The second kappa shape index (κ2) is 9.03. The van der Waals surface area contributed by atoms with Gasteiger partial charge in [0, 0.05) is 24.2 Å². The average Bonchev–Trinajstić information content (AvgIpc) is 3.16. The molecule has 3 heteroatoms. The largest absolute Gasteiger partial charge is 0.327 e. The van der Waals surface area contributed by atoms with Crippen LogP contribution in [-0.2, 0) is 13.0 Å². The zero-order valence-electron chi connectivity index (χ0n) is 19.2. The van der Waals surface area contributed by atoms with Crippen LogP contribution in [-0.4, -0.2) is 15.3 Å². The van der Waals surface area contributed by atoms with E-state index in [0.29, 0.717) is 17.8 Å². The number of rotatable bonds is 7. The molecule has 0 aliphatic rings. The van der Waals surface area contributed by atoms with Crippen LogP contribution in [0, 0.1) is 6.92 Å². The fourth-order valence-electron chi connectivity index (χ4n) is 4.61. The van der Waals surface area contributed by atoms with Gasteiger partial charge in [-0.05, 0) is 46.5 Å². The Hall–Kier alpha value is -3.72. The molecule has 3 nitrogen and oxygen atoms in total. The van der Waals surface area contributed by atoms with Crippen molar-refractivity contribution in [3.63, 3.8) is 0 Å². The molecule has 0 amide bonds. The van der Waals surface area contributed by atoms with Gasteiger partial charge in [0.15, 0.2) is 0 Å². The lowest BCUT2D eigenvalue weighted by Crippen LogP contribution is -2.08. The highest BCUT2D eigenvalue weighted by Crippen LogP contribution is 2.25. The lowest BCUT2D eigenvalue weighted by atomic mass is 9.99. The van der Waals surface area contributed by atoms with Crippen LogP contribution in [0.15, 0.2) is 84.9 Å². The van der Waals surface area contributed by atoms with Crippen LogP contribution in [0.3, 0.4) is 0 Å². The minimum atomic E-state index is -0.000639. The van der Waals surface area contributed by atoms with E-state index in [-0.39, 0.29) is 5.78 Å². The predicted octanol–water partition coefficient (Wildman–Crippen LogP) is 7.12. The zero-order chi connectivity index (χ0) is 22.8. The molecule has 164 valence electrons. The third kappa shape index (κ3) is 4.07. The fourth-order valence-corrected chi connectivity index (χ4v) is 4.61. The molecule has 33 heavy (non-hydrogen) atoms. The first-order valence-electron chi connectivity index (χ1n) is 11.7. The van der Waals surface area contributed by atoms with Crippen molar-refractivity contribution in [1.82, 2.24) is 9.55 Å². The zero-order valence-corrected chi connectivity index (χ0v) is 19.2. The Kier molecular flexibility index (Phi) is 5.78. The summed E-state index contributed by atoms with van der Waals surface area (Å²) in [5.74, 6) is 0.991. The Balaban J connectivity index is 1.56. The highest BCUT2D eigenvalue weighted by molar-refractivity contribution is 6.16. The number of aryl methyl sites for hydroxylation is 1. The van der Waals surface area contributed by atoms with Crippen molar-refractivity contribution in [2.45, 2.75) is 39.7 Å². The van der Waals surface area contributed by atoms with Crippen molar-refractivity contribution in [1.29, 1.82) is 0 Å². The monoisotopic (exact) mass is 432 g/mol. The van der Waals surface area contributed by atoms with Crippen LogP contribution in [0.1, 0.15) is 52.9 Å². The molecule has 0 atom stereocenters. The smallest absolute Gasteiger partial charge is 0.213 e. The Morgan fingerprint density at radius 2 is 1.58 bits per heavy atom. The molecule has 0 N–H and O–H groups in total. The standard InChI is InChI=1S/C30H28N2O/c1-3-4-16-28-31-29(30(33)27-15-9-13-24-11-7-8-14-26(24)27)21(2)32(28)20-22-17-18-23-10-5-6-12-25(23)19-22/h5-15,17-19H,3-4,16,20H2,1-2H3. The Bertz CT molecular complexity index is 1460. The third-order valence-electron chi connectivity index (χ3n) is 6.46. The number of aromatic nitrogens is 2. The van der Waals surface area contributed by atoms with E-state index < -0.39 is 0 Å². The number of carbonyl (C=O) groups excluding carboxylic acids is 1. The highest BCUT2D eigenvalue weighted by Gasteiger charge is 2.22. The Morgan fingerprint density at radius 1 is 0.848 bits per heavy atom. The lowest BCUT2D eigenvalue weighted by molar-refractivity contribution is 0.103. The summed E-state index contributed by atoms with van der Waals surface area (Å²) in [6, 6.07) is 29.0. The number of fused-ring (bicyclic) bond motifs is 2. The summed E-state index contributed by atoms with van der Waals surface area (Å²) in [4.78, 5) is 18.6. The topological polar surface area (TPSA) is 34.9 Å². The molecule has 0 fully saturated rings.